The van der Waals surface area contributed by atoms with Gasteiger partial charge in [0.2, 0.25) is 5.88 Å². The van der Waals surface area contributed by atoms with Gasteiger partial charge in [-0.3, -0.25) is 4.79 Å². The van der Waals surface area contributed by atoms with Gasteiger partial charge in [-0.1, -0.05) is 46.3 Å². The SMILES string of the molecule is O=C(/C=C/c1cccc(Br)c1)c1ccc(Oc2cnc3ccccc3n2)cc1. The van der Waals surface area contributed by atoms with Gasteiger partial charge in [-0.2, -0.15) is 0 Å². The Balaban J connectivity index is 1.46. The summed E-state index contributed by atoms with van der Waals surface area (Å²) < 4.78 is 6.73. The first-order valence-electron chi connectivity index (χ1n) is 8.65. The van der Waals surface area contributed by atoms with Gasteiger partial charge in [-0.25, -0.2) is 9.97 Å². The lowest BCUT2D eigenvalue weighted by Crippen LogP contribution is -1.95. The van der Waals surface area contributed by atoms with Crippen LogP contribution in [0.2, 0.25) is 0 Å². The minimum atomic E-state index is -0.0722. The molecule has 136 valence electrons. The van der Waals surface area contributed by atoms with Crippen molar-refractivity contribution in [2.45, 2.75) is 0 Å². The maximum absolute atomic E-state index is 12.4. The van der Waals surface area contributed by atoms with Gasteiger partial charge in [0.05, 0.1) is 17.2 Å². The Hall–Kier alpha value is -3.31. The van der Waals surface area contributed by atoms with Gasteiger partial charge in [-0.15, -0.1) is 0 Å². The molecule has 0 spiro atoms. The standard InChI is InChI=1S/C23H15BrN2O2/c24-18-5-3-4-16(14-18)8-13-22(27)17-9-11-19(12-10-17)28-23-15-25-20-6-1-2-7-21(20)26-23/h1-15H/b13-8+. The van der Waals surface area contributed by atoms with Crippen LogP contribution in [0.5, 0.6) is 11.6 Å². The monoisotopic (exact) mass is 430 g/mol. The highest BCUT2D eigenvalue weighted by molar-refractivity contribution is 9.10. The van der Waals surface area contributed by atoms with Gasteiger partial charge in [-0.05, 0) is 60.2 Å². The molecule has 1 aromatic heterocycles. The van der Waals surface area contributed by atoms with Gasteiger partial charge in [0.1, 0.15) is 5.75 Å². The van der Waals surface area contributed by atoms with Crippen LogP contribution in [0, 0.1) is 0 Å². The van der Waals surface area contributed by atoms with Crippen molar-refractivity contribution in [1.29, 1.82) is 0 Å². The highest BCUT2D eigenvalue weighted by atomic mass is 79.9. The van der Waals surface area contributed by atoms with Crippen LogP contribution in [0.15, 0.2) is 89.5 Å². The highest BCUT2D eigenvalue weighted by Gasteiger charge is 2.05. The summed E-state index contributed by atoms with van der Waals surface area (Å²) in [6.45, 7) is 0. The van der Waals surface area contributed by atoms with E-state index in [9.17, 15) is 4.79 Å². The molecule has 28 heavy (non-hydrogen) atoms. The fourth-order valence-corrected chi connectivity index (χ4v) is 3.09. The van der Waals surface area contributed by atoms with E-state index in [2.05, 4.69) is 25.9 Å². The Labute approximate surface area is 170 Å². The van der Waals surface area contributed by atoms with Crippen LogP contribution in [-0.2, 0) is 0 Å². The van der Waals surface area contributed by atoms with Crippen molar-refractivity contribution < 1.29 is 9.53 Å². The third kappa shape index (κ3) is 4.32. The van der Waals surface area contributed by atoms with E-state index in [0.717, 1.165) is 21.1 Å². The molecule has 5 heteroatoms. The number of hydrogen-bond donors (Lipinski definition) is 0. The number of allylic oxidation sites excluding steroid dienone is 1. The summed E-state index contributed by atoms with van der Waals surface area (Å²) in [6, 6.07) is 22.3. The number of ether oxygens (including phenoxy) is 1. The van der Waals surface area contributed by atoms with Crippen molar-refractivity contribution >= 4 is 38.8 Å². The normalized spacial score (nSPS) is 11.0. The summed E-state index contributed by atoms with van der Waals surface area (Å²) in [7, 11) is 0. The number of nitrogens with zero attached hydrogens (tertiary/aromatic N) is 2. The van der Waals surface area contributed by atoms with Gasteiger partial charge in [0, 0.05) is 10.0 Å². The van der Waals surface area contributed by atoms with E-state index < -0.39 is 0 Å². The van der Waals surface area contributed by atoms with Crippen LogP contribution in [0.3, 0.4) is 0 Å². The molecule has 0 saturated heterocycles. The number of rotatable bonds is 5. The van der Waals surface area contributed by atoms with Crippen LogP contribution in [0.1, 0.15) is 15.9 Å². The molecule has 0 amide bonds. The van der Waals surface area contributed by atoms with E-state index in [1.807, 2.05) is 48.5 Å². The molecular formula is C23H15BrN2O2. The lowest BCUT2D eigenvalue weighted by molar-refractivity contribution is 0.104. The number of aromatic nitrogens is 2. The quantitative estimate of drug-likeness (QED) is 0.284. The number of carbonyl (C=O) groups is 1. The fourth-order valence-electron chi connectivity index (χ4n) is 2.68. The van der Waals surface area contributed by atoms with E-state index in [4.69, 9.17) is 4.74 Å². The molecule has 0 aliphatic heterocycles. The van der Waals surface area contributed by atoms with E-state index in [1.54, 1.807) is 42.6 Å². The average Bonchev–Trinajstić information content (AvgIpc) is 2.72. The molecule has 4 aromatic rings. The van der Waals surface area contributed by atoms with Crippen molar-refractivity contribution in [3.05, 3.63) is 101 Å². The molecule has 0 unspecified atom stereocenters. The first kappa shape index (κ1) is 18.1. The first-order chi connectivity index (χ1) is 13.7. The molecule has 0 radical (unpaired) electrons. The molecule has 0 fully saturated rings. The molecule has 1 heterocycles. The van der Waals surface area contributed by atoms with E-state index in [-0.39, 0.29) is 5.78 Å². The van der Waals surface area contributed by atoms with E-state index >= 15 is 0 Å². The minimum absolute atomic E-state index is 0.0722. The predicted molar refractivity (Wildman–Crippen MR) is 114 cm³/mol. The lowest BCUT2D eigenvalue weighted by atomic mass is 10.1. The van der Waals surface area contributed by atoms with Gasteiger partial charge in [0.25, 0.3) is 0 Å². The number of ketones is 1. The summed E-state index contributed by atoms with van der Waals surface area (Å²) in [5.41, 5.74) is 3.12. The molecule has 4 rings (SSSR count). The number of para-hydroxylation sites is 2. The zero-order valence-electron chi connectivity index (χ0n) is 14.7. The third-order valence-electron chi connectivity index (χ3n) is 4.06. The number of halogens is 1. The second-order valence-electron chi connectivity index (χ2n) is 6.08. The van der Waals surface area contributed by atoms with Gasteiger partial charge >= 0.3 is 0 Å². The Bertz CT molecular complexity index is 1170. The molecule has 0 aliphatic rings. The maximum atomic E-state index is 12.4. The summed E-state index contributed by atoms with van der Waals surface area (Å²) in [5, 5.41) is 0. The Morgan fingerprint density at radius 2 is 1.71 bits per heavy atom. The smallest absolute Gasteiger partial charge is 0.238 e. The van der Waals surface area contributed by atoms with Crippen molar-refractivity contribution in [3.8, 4) is 11.6 Å². The third-order valence-corrected chi connectivity index (χ3v) is 4.56. The minimum Gasteiger partial charge on any atom is -0.437 e. The zero-order chi connectivity index (χ0) is 19.3. The number of fused-ring (bicyclic) bond motifs is 1. The second kappa shape index (κ2) is 8.15. The summed E-state index contributed by atoms with van der Waals surface area (Å²) in [5.74, 6) is 0.932. The van der Waals surface area contributed by atoms with Crippen molar-refractivity contribution in [1.82, 2.24) is 9.97 Å². The second-order valence-corrected chi connectivity index (χ2v) is 6.99. The largest absolute Gasteiger partial charge is 0.437 e. The van der Waals surface area contributed by atoms with Crippen LogP contribution < -0.4 is 4.74 Å². The average molecular weight is 431 g/mol. The van der Waals surface area contributed by atoms with Gasteiger partial charge < -0.3 is 4.74 Å². The molecular weight excluding hydrogens is 416 g/mol. The van der Waals surface area contributed by atoms with E-state index in [0.29, 0.717) is 17.2 Å². The Morgan fingerprint density at radius 3 is 2.50 bits per heavy atom. The van der Waals surface area contributed by atoms with Crippen LogP contribution in [0.4, 0.5) is 0 Å². The lowest BCUT2D eigenvalue weighted by Gasteiger charge is -2.06. The summed E-state index contributed by atoms with van der Waals surface area (Å²) in [6.07, 6.45) is 4.94. The van der Waals surface area contributed by atoms with Crippen molar-refractivity contribution in [3.63, 3.8) is 0 Å². The maximum Gasteiger partial charge on any atom is 0.238 e. The molecule has 0 atom stereocenters. The molecule has 3 aromatic carbocycles. The Kier molecular flexibility index (Phi) is 5.26. The van der Waals surface area contributed by atoms with Crippen LogP contribution in [0.25, 0.3) is 17.1 Å². The predicted octanol–water partition coefficient (Wildman–Crippen LogP) is 6.08. The topological polar surface area (TPSA) is 52.1 Å². The number of benzene rings is 3. The van der Waals surface area contributed by atoms with E-state index in [1.165, 1.54) is 0 Å². The molecule has 0 bridgehead atoms. The first-order valence-corrected chi connectivity index (χ1v) is 9.44. The number of hydrogen-bond acceptors (Lipinski definition) is 4. The summed E-state index contributed by atoms with van der Waals surface area (Å²) in [4.78, 5) is 21.1. The Morgan fingerprint density at radius 1 is 0.929 bits per heavy atom. The molecule has 0 N–H and O–H groups in total. The van der Waals surface area contributed by atoms with Crippen LogP contribution in [-0.4, -0.2) is 15.8 Å². The molecule has 4 nitrogen and oxygen atoms in total. The fraction of sp³-hybridized carbons (Fsp3) is 0. The molecule has 0 aliphatic carbocycles. The molecule has 0 saturated carbocycles. The highest BCUT2D eigenvalue weighted by Crippen LogP contribution is 2.21. The zero-order valence-corrected chi connectivity index (χ0v) is 16.3. The summed E-state index contributed by atoms with van der Waals surface area (Å²) >= 11 is 3.42. The number of carbonyl (C=O) groups excluding carboxylic acids is 1. The van der Waals surface area contributed by atoms with Crippen LogP contribution >= 0.6 is 15.9 Å². The van der Waals surface area contributed by atoms with Crippen molar-refractivity contribution in [2.75, 3.05) is 0 Å². The van der Waals surface area contributed by atoms with Crippen molar-refractivity contribution in [2.24, 2.45) is 0 Å². The van der Waals surface area contributed by atoms with Gasteiger partial charge in [0.15, 0.2) is 5.78 Å².